The van der Waals surface area contributed by atoms with E-state index in [1.165, 1.54) is 35.8 Å². The van der Waals surface area contributed by atoms with E-state index in [0.717, 1.165) is 15.8 Å². The van der Waals surface area contributed by atoms with Gasteiger partial charge < -0.3 is 5.11 Å². The molecule has 1 aromatic heterocycles. The number of nitrogens with one attached hydrogen (secondary N) is 1. The molecule has 3 rings (SSSR count). The first kappa shape index (κ1) is 14.9. The van der Waals surface area contributed by atoms with Gasteiger partial charge in [0, 0.05) is 17.7 Å². The minimum absolute atomic E-state index is 0.0823. The van der Waals surface area contributed by atoms with Crippen LogP contribution in [0.1, 0.15) is 11.1 Å². The molecule has 8 heteroatoms. The smallest absolute Gasteiger partial charge is 0.270 e. The highest BCUT2D eigenvalue weighted by molar-refractivity contribution is 7.22. The van der Waals surface area contributed by atoms with E-state index in [2.05, 4.69) is 15.5 Å². The van der Waals surface area contributed by atoms with Gasteiger partial charge in [0.1, 0.15) is 5.75 Å². The van der Waals surface area contributed by atoms with E-state index in [0.29, 0.717) is 5.13 Å². The van der Waals surface area contributed by atoms with Crippen molar-refractivity contribution in [2.45, 2.75) is 6.92 Å². The average molecular weight is 328 g/mol. The molecule has 0 bridgehead atoms. The highest BCUT2D eigenvalue weighted by Crippen LogP contribution is 2.27. The van der Waals surface area contributed by atoms with Crippen LogP contribution in [0.15, 0.2) is 41.5 Å². The van der Waals surface area contributed by atoms with Crippen LogP contribution in [0.25, 0.3) is 10.2 Å². The summed E-state index contributed by atoms with van der Waals surface area (Å²) in [5.74, 6) is -0.0823. The number of phenolic OH excluding ortho intramolecular Hbond substituents is 1. The summed E-state index contributed by atoms with van der Waals surface area (Å²) in [4.78, 5) is 14.6. The Kier molecular flexibility index (Phi) is 3.90. The second-order valence-electron chi connectivity index (χ2n) is 4.86. The van der Waals surface area contributed by atoms with Gasteiger partial charge in [0.05, 0.1) is 21.4 Å². The van der Waals surface area contributed by atoms with E-state index in [4.69, 9.17) is 0 Å². The summed E-state index contributed by atoms with van der Waals surface area (Å²) in [6.45, 7) is 2.01. The number of phenols is 1. The Morgan fingerprint density at radius 2 is 2.17 bits per heavy atom. The second-order valence-corrected chi connectivity index (χ2v) is 5.89. The van der Waals surface area contributed by atoms with Crippen molar-refractivity contribution in [1.29, 1.82) is 0 Å². The second kappa shape index (κ2) is 6.01. The van der Waals surface area contributed by atoms with E-state index >= 15 is 0 Å². The first-order valence-corrected chi connectivity index (χ1v) is 7.48. The largest absolute Gasteiger partial charge is 0.507 e. The summed E-state index contributed by atoms with van der Waals surface area (Å²) in [5.41, 5.74) is 4.94. The van der Waals surface area contributed by atoms with E-state index in [1.54, 1.807) is 0 Å². The summed E-state index contributed by atoms with van der Waals surface area (Å²) in [5, 5.41) is 25.0. The molecule has 23 heavy (non-hydrogen) atoms. The lowest BCUT2D eigenvalue weighted by Gasteiger charge is -1.98. The number of fused-ring (bicyclic) bond motifs is 1. The monoisotopic (exact) mass is 328 g/mol. The van der Waals surface area contributed by atoms with E-state index in [9.17, 15) is 15.2 Å². The third-order valence-corrected chi connectivity index (χ3v) is 4.05. The summed E-state index contributed by atoms with van der Waals surface area (Å²) in [6.07, 6.45) is 1.32. The first-order chi connectivity index (χ1) is 11.0. The fourth-order valence-corrected chi connectivity index (χ4v) is 2.91. The fourth-order valence-electron chi connectivity index (χ4n) is 2.00. The molecular formula is C15H12N4O3S. The lowest BCUT2D eigenvalue weighted by atomic mass is 10.2. The number of hydrogen-bond donors (Lipinski definition) is 2. The van der Waals surface area contributed by atoms with Gasteiger partial charge in [-0.3, -0.25) is 15.5 Å². The standard InChI is InChI=1S/C15H12N4O3S/c1-9-2-4-12-14(6-9)23-15(17-12)18-16-8-10-7-11(19(21)22)3-5-13(10)20/h2-8,20H,1H3,(H,17,18)/b16-8-. The quantitative estimate of drug-likeness (QED) is 0.432. The van der Waals surface area contributed by atoms with Crippen molar-refractivity contribution in [3.63, 3.8) is 0 Å². The van der Waals surface area contributed by atoms with Crippen LogP contribution in [0.3, 0.4) is 0 Å². The molecule has 0 atom stereocenters. The van der Waals surface area contributed by atoms with Crippen LogP contribution in [0.4, 0.5) is 10.8 Å². The number of rotatable bonds is 4. The van der Waals surface area contributed by atoms with Gasteiger partial charge in [0.2, 0.25) is 5.13 Å². The number of nitro groups is 1. The average Bonchev–Trinajstić information content (AvgIpc) is 2.90. The Bertz CT molecular complexity index is 920. The molecule has 0 saturated carbocycles. The zero-order valence-corrected chi connectivity index (χ0v) is 12.9. The number of benzene rings is 2. The zero-order valence-electron chi connectivity index (χ0n) is 12.1. The van der Waals surface area contributed by atoms with Crippen LogP contribution in [-0.4, -0.2) is 21.2 Å². The third kappa shape index (κ3) is 3.27. The van der Waals surface area contributed by atoms with Gasteiger partial charge in [0.15, 0.2) is 0 Å². The highest BCUT2D eigenvalue weighted by atomic mass is 32.1. The van der Waals surface area contributed by atoms with Crippen LogP contribution >= 0.6 is 11.3 Å². The lowest BCUT2D eigenvalue weighted by Crippen LogP contribution is -1.93. The van der Waals surface area contributed by atoms with E-state index in [1.807, 2.05) is 25.1 Å². The van der Waals surface area contributed by atoms with Crippen LogP contribution < -0.4 is 5.43 Å². The molecule has 0 radical (unpaired) electrons. The molecule has 0 fully saturated rings. The van der Waals surface area contributed by atoms with Crippen molar-refractivity contribution in [3.8, 4) is 5.75 Å². The molecule has 0 spiro atoms. The van der Waals surface area contributed by atoms with Crippen LogP contribution in [0, 0.1) is 17.0 Å². The van der Waals surface area contributed by atoms with Gasteiger partial charge in [0.25, 0.3) is 5.69 Å². The van der Waals surface area contributed by atoms with Crippen LogP contribution in [0.2, 0.25) is 0 Å². The molecule has 0 saturated heterocycles. The molecule has 1 heterocycles. The molecular weight excluding hydrogens is 316 g/mol. The number of non-ortho nitro benzene ring substituents is 1. The first-order valence-electron chi connectivity index (χ1n) is 6.66. The number of hydrogen-bond acceptors (Lipinski definition) is 7. The van der Waals surface area contributed by atoms with Gasteiger partial charge in [-0.25, -0.2) is 4.98 Å². The number of nitro benzene ring substituents is 1. The number of aromatic nitrogens is 1. The Labute approximate surface area is 135 Å². The number of anilines is 1. The van der Waals surface area contributed by atoms with Gasteiger partial charge in [-0.05, 0) is 30.7 Å². The van der Waals surface area contributed by atoms with Gasteiger partial charge in [-0.1, -0.05) is 17.4 Å². The Morgan fingerprint density at radius 3 is 2.96 bits per heavy atom. The fraction of sp³-hybridized carbons (Fsp3) is 0.0667. The molecule has 0 unspecified atom stereocenters. The summed E-state index contributed by atoms with van der Waals surface area (Å²) < 4.78 is 1.04. The van der Waals surface area contributed by atoms with Crippen molar-refractivity contribution < 1.29 is 10.0 Å². The van der Waals surface area contributed by atoms with Crippen molar-refractivity contribution in [2.24, 2.45) is 5.10 Å². The maximum atomic E-state index is 10.7. The Hall–Kier alpha value is -3.00. The predicted octanol–water partition coefficient (Wildman–Crippen LogP) is 3.66. The molecule has 116 valence electrons. The zero-order chi connectivity index (χ0) is 16.4. The van der Waals surface area contributed by atoms with Crippen molar-refractivity contribution in [1.82, 2.24) is 4.98 Å². The lowest BCUT2D eigenvalue weighted by molar-refractivity contribution is -0.384. The highest BCUT2D eigenvalue weighted by Gasteiger charge is 2.09. The molecule has 7 nitrogen and oxygen atoms in total. The normalized spacial score (nSPS) is 11.2. The van der Waals surface area contributed by atoms with Gasteiger partial charge in [-0.15, -0.1) is 0 Å². The van der Waals surface area contributed by atoms with Crippen molar-refractivity contribution in [3.05, 3.63) is 57.6 Å². The predicted molar refractivity (Wildman–Crippen MR) is 90.3 cm³/mol. The van der Waals surface area contributed by atoms with Crippen molar-refractivity contribution in [2.75, 3.05) is 5.43 Å². The van der Waals surface area contributed by atoms with Crippen molar-refractivity contribution >= 4 is 38.6 Å². The number of hydrazone groups is 1. The molecule has 0 aliphatic heterocycles. The third-order valence-electron chi connectivity index (χ3n) is 3.13. The number of aryl methyl sites for hydroxylation is 1. The molecule has 3 aromatic rings. The van der Waals surface area contributed by atoms with Crippen LogP contribution in [-0.2, 0) is 0 Å². The summed E-state index contributed by atoms with van der Waals surface area (Å²) in [6, 6.07) is 9.70. The van der Waals surface area contributed by atoms with Gasteiger partial charge in [-0.2, -0.15) is 5.10 Å². The number of nitrogens with zero attached hydrogens (tertiary/aromatic N) is 3. The minimum Gasteiger partial charge on any atom is -0.507 e. The molecule has 0 aliphatic rings. The number of thiazole rings is 1. The van der Waals surface area contributed by atoms with E-state index < -0.39 is 4.92 Å². The molecule has 0 amide bonds. The summed E-state index contributed by atoms with van der Waals surface area (Å²) in [7, 11) is 0. The van der Waals surface area contributed by atoms with E-state index in [-0.39, 0.29) is 17.0 Å². The Balaban J connectivity index is 1.80. The van der Waals surface area contributed by atoms with Crippen LogP contribution in [0.5, 0.6) is 5.75 Å². The maximum absolute atomic E-state index is 10.7. The molecule has 2 aromatic carbocycles. The topological polar surface area (TPSA) is 101 Å². The van der Waals surface area contributed by atoms with Gasteiger partial charge >= 0.3 is 0 Å². The minimum atomic E-state index is -0.528. The number of aromatic hydroxyl groups is 1. The molecule has 0 aliphatic carbocycles. The SMILES string of the molecule is Cc1ccc2nc(N/N=C\c3cc([N+](=O)[O-])ccc3O)sc2c1. The Morgan fingerprint density at radius 1 is 1.35 bits per heavy atom. The maximum Gasteiger partial charge on any atom is 0.270 e. The molecule has 2 N–H and O–H groups in total. The summed E-state index contributed by atoms with van der Waals surface area (Å²) >= 11 is 1.45.